The Kier molecular flexibility index (Phi) is 3.17. The molecule has 0 fully saturated rings. The molecule has 0 bridgehead atoms. The fraction of sp³-hybridized carbons (Fsp3) is 0.111. The quantitative estimate of drug-likeness (QED) is 0.701. The van der Waals surface area contributed by atoms with Crippen LogP contribution in [0.2, 0.25) is 0 Å². The molecule has 2 heteroatoms. The van der Waals surface area contributed by atoms with Crippen LogP contribution in [-0.4, -0.2) is 0 Å². The third-order valence-electron chi connectivity index (χ3n) is 1.26. The summed E-state index contributed by atoms with van der Waals surface area (Å²) in [5, 5.41) is 0. The number of hydrogen-bond acceptors (Lipinski definition) is 1. The molecule has 58 valence electrons. The average molecular weight is 213 g/mol. The molecule has 0 aliphatic rings. The van der Waals surface area contributed by atoms with Crippen molar-refractivity contribution in [3.63, 3.8) is 0 Å². The number of hydrogen-bond donors (Lipinski definition) is 0. The fourth-order valence-electron chi connectivity index (χ4n) is 0.782. The van der Waals surface area contributed by atoms with Gasteiger partial charge in [0.25, 0.3) is 0 Å². The Morgan fingerprint density at radius 3 is 3.00 bits per heavy atom. The second-order valence-corrected chi connectivity index (χ2v) is 3.02. The summed E-state index contributed by atoms with van der Waals surface area (Å²) in [5.74, 6) is 0. The Morgan fingerprint density at radius 2 is 2.36 bits per heavy atom. The molecule has 0 amide bonds. The molecule has 0 heterocycles. The van der Waals surface area contributed by atoms with Crippen LogP contribution in [0.15, 0.2) is 41.6 Å². The summed E-state index contributed by atoms with van der Waals surface area (Å²) >= 11 is 3.37. The lowest BCUT2D eigenvalue weighted by Gasteiger charge is -2.00. The monoisotopic (exact) mass is 212 g/mol. The van der Waals surface area contributed by atoms with Gasteiger partial charge in [0.05, 0.1) is 6.26 Å². The molecule has 0 saturated carbocycles. The molecule has 0 spiro atoms. The lowest BCUT2D eigenvalue weighted by atomic mass is 10.2. The Bertz CT molecular complexity index is 245. The fourth-order valence-corrected chi connectivity index (χ4v) is 1.23. The van der Waals surface area contributed by atoms with Crippen LogP contribution in [0.4, 0.5) is 0 Å². The predicted octanol–water partition coefficient (Wildman–Crippen LogP) is 3.11. The summed E-state index contributed by atoms with van der Waals surface area (Å²) in [7, 11) is 0. The van der Waals surface area contributed by atoms with Gasteiger partial charge in [0.15, 0.2) is 0 Å². The maximum atomic E-state index is 5.02. The van der Waals surface area contributed by atoms with Crippen LogP contribution in [0.1, 0.15) is 5.56 Å². The Labute approximate surface area is 74.8 Å². The van der Waals surface area contributed by atoms with Crippen LogP contribution in [0.25, 0.3) is 0 Å². The standard InChI is InChI=1S/C9H9BrO/c1-2-11-7-8-4-3-5-9(10)6-8/h2-6H,1,7H2. The van der Waals surface area contributed by atoms with E-state index in [0.29, 0.717) is 6.61 Å². The van der Waals surface area contributed by atoms with Gasteiger partial charge in [0.2, 0.25) is 0 Å². The molecule has 0 unspecified atom stereocenters. The zero-order valence-corrected chi connectivity index (χ0v) is 7.67. The summed E-state index contributed by atoms with van der Waals surface area (Å²) in [6.07, 6.45) is 1.45. The van der Waals surface area contributed by atoms with Crippen LogP contribution in [0, 0.1) is 0 Å². The highest BCUT2D eigenvalue weighted by Gasteiger charge is 1.91. The molecule has 0 radical (unpaired) electrons. The zero-order chi connectivity index (χ0) is 8.10. The lowest BCUT2D eigenvalue weighted by molar-refractivity contribution is 0.237. The minimum absolute atomic E-state index is 0.586. The molecule has 0 saturated heterocycles. The molecule has 1 aromatic carbocycles. The van der Waals surface area contributed by atoms with E-state index in [2.05, 4.69) is 22.5 Å². The summed E-state index contributed by atoms with van der Waals surface area (Å²) in [5.41, 5.74) is 1.14. The van der Waals surface area contributed by atoms with Gasteiger partial charge in [0, 0.05) is 4.47 Å². The smallest absolute Gasteiger partial charge is 0.112 e. The van der Waals surface area contributed by atoms with Crippen LogP contribution in [0.5, 0.6) is 0 Å². The molecule has 0 N–H and O–H groups in total. The summed E-state index contributed by atoms with van der Waals surface area (Å²) < 4.78 is 6.09. The van der Waals surface area contributed by atoms with Crippen molar-refractivity contribution in [2.24, 2.45) is 0 Å². The molecule has 1 rings (SSSR count). The molecular weight excluding hydrogens is 204 g/mol. The summed E-state index contributed by atoms with van der Waals surface area (Å²) in [6.45, 7) is 4.05. The van der Waals surface area contributed by atoms with Crippen molar-refractivity contribution in [1.29, 1.82) is 0 Å². The van der Waals surface area contributed by atoms with Crippen LogP contribution in [-0.2, 0) is 11.3 Å². The largest absolute Gasteiger partial charge is 0.497 e. The SMILES string of the molecule is C=COCc1cccc(Br)c1. The van der Waals surface area contributed by atoms with E-state index in [1.54, 1.807) is 0 Å². The second kappa shape index (κ2) is 4.19. The molecule has 0 aliphatic heterocycles. The highest BCUT2D eigenvalue weighted by Crippen LogP contribution is 2.12. The topological polar surface area (TPSA) is 9.23 Å². The first-order valence-corrected chi connectivity index (χ1v) is 4.09. The zero-order valence-electron chi connectivity index (χ0n) is 6.09. The van der Waals surface area contributed by atoms with Crippen molar-refractivity contribution in [3.8, 4) is 0 Å². The van der Waals surface area contributed by atoms with Crippen LogP contribution < -0.4 is 0 Å². The molecule has 0 atom stereocenters. The second-order valence-electron chi connectivity index (χ2n) is 2.11. The normalized spacial score (nSPS) is 9.18. The van der Waals surface area contributed by atoms with Gasteiger partial charge in [-0.3, -0.25) is 0 Å². The van der Waals surface area contributed by atoms with E-state index >= 15 is 0 Å². The first-order chi connectivity index (χ1) is 5.33. The minimum atomic E-state index is 0.586. The minimum Gasteiger partial charge on any atom is -0.497 e. The van der Waals surface area contributed by atoms with Crippen molar-refractivity contribution in [3.05, 3.63) is 47.1 Å². The van der Waals surface area contributed by atoms with E-state index in [1.165, 1.54) is 6.26 Å². The van der Waals surface area contributed by atoms with Crippen LogP contribution in [0.3, 0.4) is 0 Å². The number of rotatable bonds is 3. The van der Waals surface area contributed by atoms with Gasteiger partial charge in [-0.15, -0.1) is 0 Å². The Hall–Kier alpha value is -0.760. The van der Waals surface area contributed by atoms with Gasteiger partial charge in [-0.2, -0.15) is 0 Å². The molecule has 0 aliphatic carbocycles. The first kappa shape index (κ1) is 8.34. The van der Waals surface area contributed by atoms with Gasteiger partial charge in [0.1, 0.15) is 6.61 Å². The van der Waals surface area contributed by atoms with Gasteiger partial charge < -0.3 is 4.74 Å². The van der Waals surface area contributed by atoms with Gasteiger partial charge in [-0.05, 0) is 17.7 Å². The average Bonchev–Trinajstić information content (AvgIpc) is 2.01. The molecule has 11 heavy (non-hydrogen) atoms. The van der Waals surface area contributed by atoms with Gasteiger partial charge in [-0.25, -0.2) is 0 Å². The van der Waals surface area contributed by atoms with Crippen molar-refractivity contribution in [1.82, 2.24) is 0 Å². The van der Waals surface area contributed by atoms with E-state index < -0.39 is 0 Å². The van der Waals surface area contributed by atoms with Crippen LogP contribution >= 0.6 is 15.9 Å². The highest BCUT2D eigenvalue weighted by molar-refractivity contribution is 9.10. The third kappa shape index (κ3) is 2.76. The summed E-state index contributed by atoms with van der Waals surface area (Å²) in [6, 6.07) is 7.99. The molecular formula is C9H9BrO. The van der Waals surface area contributed by atoms with Gasteiger partial charge in [-0.1, -0.05) is 34.6 Å². The molecule has 1 nitrogen and oxygen atoms in total. The summed E-state index contributed by atoms with van der Waals surface area (Å²) in [4.78, 5) is 0. The van der Waals surface area contributed by atoms with E-state index in [-0.39, 0.29) is 0 Å². The lowest BCUT2D eigenvalue weighted by Crippen LogP contribution is -1.84. The van der Waals surface area contributed by atoms with Gasteiger partial charge >= 0.3 is 0 Å². The number of benzene rings is 1. The Balaban J connectivity index is 2.63. The molecule has 1 aromatic rings. The maximum absolute atomic E-state index is 5.02. The number of ether oxygens (including phenoxy) is 1. The maximum Gasteiger partial charge on any atom is 0.112 e. The molecule has 0 aromatic heterocycles. The Morgan fingerprint density at radius 1 is 1.55 bits per heavy atom. The predicted molar refractivity (Wildman–Crippen MR) is 49.1 cm³/mol. The number of halogens is 1. The van der Waals surface area contributed by atoms with Crippen molar-refractivity contribution in [2.75, 3.05) is 0 Å². The van der Waals surface area contributed by atoms with Crippen molar-refractivity contribution >= 4 is 15.9 Å². The van der Waals surface area contributed by atoms with Crippen molar-refractivity contribution < 1.29 is 4.74 Å². The van der Waals surface area contributed by atoms with E-state index in [1.807, 2.05) is 24.3 Å². The van der Waals surface area contributed by atoms with E-state index in [9.17, 15) is 0 Å². The van der Waals surface area contributed by atoms with Crippen molar-refractivity contribution in [2.45, 2.75) is 6.61 Å². The highest BCUT2D eigenvalue weighted by atomic mass is 79.9. The first-order valence-electron chi connectivity index (χ1n) is 3.30. The third-order valence-corrected chi connectivity index (χ3v) is 1.75. The van der Waals surface area contributed by atoms with E-state index in [4.69, 9.17) is 4.74 Å². The van der Waals surface area contributed by atoms with E-state index in [0.717, 1.165) is 10.0 Å².